The standard InChI is InChI=1S/C11H13ClN4O2S2/c1-3-9-6(2)19-11(15-9)16-20(17,18)7-4-8(12)10(13)14-5-7/h4-5H,3H2,1-2H3,(H2,13,14)(H,15,16). The minimum atomic E-state index is -3.77. The smallest absolute Gasteiger partial charge is 0.265 e. The van der Waals surface area contributed by atoms with E-state index in [1.54, 1.807) is 0 Å². The molecule has 2 aromatic rings. The summed E-state index contributed by atoms with van der Waals surface area (Å²) in [5, 5.41) is 0.421. The maximum absolute atomic E-state index is 12.2. The maximum atomic E-state index is 12.2. The minimum Gasteiger partial charge on any atom is -0.382 e. The number of nitrogens with zero attached hydrogens (tertiary/aromatic N) is 2. The molecule has 2 heterocycles. The monoisotopic (exact) mass is 332 g/mol. The molecule has 0 saturated carbocycles. The van der Waals surface area contributed by atoms with Gasteiger partial charge in [-0.1, -0.05) is 18.5 Å². The molecular formula is C11H13ClN4O2S2. The number of nitrogens with one attached hydrogen (secondary N) is 1. The van der Waals surface area contributed by atoms with Gasteiger partial charge in [-0.15, -0.1) is 11.3 Å². The number of aromatic nitrogens is 2. The number of pyridine rings is 1. The van der Waals surface area contributed by atoms with Gasteiger partial charge in [-0.25, -0.2) is 18.4 Å². The van der Waals surface area contributed by atoms with Crippen LogP contribution in [-0.2, 0) is 16.4 Å². The number of hydrogen-bond acceptors (Lipinski definition) is 6. The van der Waals surface area contributed by atoms with Crippen molar-refractivity contribution in [3.63, 3.8) is 0 Å². The molecule has 0 saturated heterocycles. The Bertz CT molecular complexity index is 743. The van der Waals surface area contributed by atoms with Crippen LogP contribution in [0.1, 0.15) is 17.5 Å². The summed E-state index contributed by atoms with van der Waals surface area (Å²) in [6.07, 6.45) is 1.91. The van der Waals surface area contributed by atoms with Crippen molar-refractivity contribution in [2.75, 3.05) is 10.5 Å². The van der Waals surface area contributed by atoms with Crippen LogP contribution >= 0.6 is 22.9 Å². The van der Waals surface area contributed by atoms with Gasteiger partial charge in [0.05, 0.1) is 10.7 Å². The molecule has 0 fully saturated rings. The highest BCUT2D eigenvalue weighted by atomic mass is 35.5. The van der Waals surface area contributed by atoms with Crippen molar-refractivity contribution in [1.82, 2.24) is 9.97 Å². The Morgan fingerprint density at radius 2 is 2.20 bits per heavy atom. The normalized spacial score (nSPS) is 11.6. The van der Waals surface area contributed by atoms with E-state index < -0.39 is 10.0 Å². The Hall–Kier alpha value is -1.38. The van der Waals surface area contributed by atoms with E-state index >= 15 is 0 Å². The number of hydrogen-bond donors (Lipinski definition) is 2. The quantitative estimate of drug-likeness (QED) is 0.896. The number of aryl methyl sites for hydroxylation is 2. The molecule has 0 unspecified atom stereocenters. The molecule has 108 valence electrons. The van der Waals surface area contributed by atoms with Gasteiger partial charge in [-0.05, 0) is 19.4 Å². The molecule has 0 radical (unpaired) electrons. The van der Waals surface area contributed by atoms with Crippen LogP contribution in [0.25, 0.3) is 0 Å². The van der Waals surface area contributed by atoms with Crippen molar-refractivity contribution in [2.24, 2.45) is 0 Å². The summed E-state index contributed by atoms with van der Waals surface area (Å²) in [6, 6.07) is 1.26. The first-order chi connectivity index (χ1) is 9.33. The van der Waals surface area contributed by atoms with Crippen LogP contribution in [0.4, 0.5) is 10.9 Å². The summed E-state index contributed by atoms with van der Waals surface area (Å²) < 4.78 is 26.8. The molecular weight excluding hydrogens is 320 g/mol. The molecule has 3 N–H and O–H groups in total. The number of sulfonamides is 1. The SMILES string of the molecule is CCc1nc(NS(=O)(=O)c2cnc(N)c(Cl)c2)sc1C. The lowest BCUT2D eigenvalue weighted by molar-refractivity contribution is 0.601. The maximum Gasteiger partial charge on any atom is 0.265 e. The molecule has 0 aliphatic heterocycles. The van der Waals surface area contributed by atoms with E-state index in [2.05, 4.69) is 14.7 Å². The molecule has 20 heavy (non-hydrogen) atoms. The number of thiazole rings is 1. The lowest BCUT2D eigenvalue weighted by Gasteiger charge is -2.05. The van der Waals surface area contributed by atoms with Crippen LogP contribution in [-0.4, -0.2) is 18.4 Å². The highest BCUT2D eigenvalue weighted by Crippen LogP contribution is 2.26. The number of nitrogens with two attached hydrogens (primary N) is 1. The zero-order valence-electron chi connectivity index (χ0n) is 10.8. The Morgan fingerprint density at radius 1 is 1.50 bits per heavy atom. The topological polar surface area (TPSA) is 98.0 Å². The predicted octanol–water partition coefficient (Wildman–Crippen LogP) is 2.45. The van der Waals surface area contributed by atoms with E-state index in [0.717, 1.165) is 23.2 Å². The number of rotatable bonds is 4. The summed E-state index contributed by atoms with van der Waals surface area (Å²) in [5.74, 6) is 0.0870. The van der Waals surface area contributed by atoms with Gasteiger partial charge in [0.15, 0.2) is 5.13 Å². The largest absolute Gasteiger partial charge is 0.382 e. The predicted molar refractivity (Wildman–Crippen MR) is 80.7 cm³/mol. The summed E-state index contributed by atoms with van der Waals surface area (Å²) in [4.78, 5) is 8.90. The van der Waals surface area contributed by atoms with Gasteiger partial charge < -0.3 is 5.73 Å². The first-order valence-electron chi connectivity index (χ1n) is 5.73. The first kappa shape index (κ1) is 15.0. The number of nitrogen functional groups attached to an aromatic ring is 1. The van der Waals surface area contributed by atoms with Crippen molar-refractivity contribution in [1.29, 1.82) is 0 Å². The molecule has 2 rings (SSSR count). The number of halogens is 1. The van der Waals surface area contributed by atoms with E-state index in [9.17, 15) is 8.42 Å². The highest BCUT2D eigenvalue weighted by molar-refractivity contribution is 7.93. The van der Waals surface area contributed by atoms with Crippen LogP contribution < -0.4 is 10.5 Å². The van der Waals surface area contributed by atoms with Gasteiger partial charge in [0, 0.05) is 11.1 Å². The van der Waals surface area contributed by atoms with Crippen molar-refractivity contribution in [3.05, 3.63) is 27.9 Å². The second-order valence-electron chi connectivity index (χ2n) is 4.02. The van der Waals surface area contributed by atoms with Gasteiger partial charge in [0.2, 0.25) is 0 Å². The Balaban J connectivity index is 2.32. The molecule has 0 aliphatic carbocycles. The third kappa shape index (κ3) is 3.02. The lowest BCUT2D eigenvalue weighted by atomic mass is 10.3. The van der Waals surface area contributed by atoms with Gasteiger partial charge in [0.25, 0.3) is 10.0 Å². The van der Waals surface area contributed by atoms with Gasteiger partial charge in [-0.2, -0.15) is 0 Å². The van der Waals surface area contributed by atoms with Crippen LogP contribution in [0.2, 0.25) is 5.02 Å². The molecule has 9 heteroatoms. The van der Waals surface area contributed by atoms with Crippen LogP contribution in [0, 0.1) is 6.92 Å². The summed E-state index contributed by atoms with van der Waals surface area (Å²) >= 11 is 7.07. The summed E-state index contributed by atoms with van der Waals surface area (Å²) in [7, 11) is -3.77. The highest BCUT2D eigenvalue weighted by Gasteiger charge is 2.18. The third-order valence-electron chi connectivity index (χ3n) is 2.60. The molecule has 2 aromatic heterocycles. The van der Waals surface area contributed by atoms with Gasteiger partial charge in [-0.3, -0.25) is 4.72 Å². The molecule has 0 atom stereocenters. The third-order valence-corrected chi connectivity index (χ3v) is 5.27. The minimum absolute atomic E-state index is 0.0531. The molecule has 0 aliphatic rings. The van der Waals surface area contributed by atoms with Crippen molar-refractivity contribution < 1.29 is 8.42 Å². The fraction of sp³-hybridized carbons (Fsp3) is 0.273. The molecule has 6 nitrogen and oxygen atoms in total. The second kappa shape index (κ2) is 5.55. The van der Waals surface area contributed by atoms with E-state index in [4.69, 9.17) is 17.3 Å². The van der Waals surface area contributed by atoms with Crippen LogP contribution in [0.5, 0.6) is 0 Å². The summed E-state index contributed by atoms with van der Waals surface area (Å²) in [6.45, 7) is 3.86. The van der Waals surface area contributed by atoms with Crippen molar-refractivity contribution >= 4 is 43.9 Å². The van der Waals surface area contributed by atoms with Crippen molar-refractivity contribution in [3.8, 4) is 0 Å². The van der Waals surface area contributed by atoms with E-state index in [0.29, 0.717) is 5.13 Å². The zero-order valence-corrected chi connectivity index (χ0v) is 13.2. The Kier molecular flexibility index (Phi) is 4.17. The van der Waals surface area contributed by atoms with E-state index in [1.807, 2.05) is 13.8 Å². The van der Waals surface area contributed by atoms with Crippen LogP contribution in [0.15, 0.2) is 17.2 Å². The van der Waals surface area contributed by atoms with E-state index in [-0.39, 0.29) is 15.7 Å². The van der Waals surface area contributed by atoms with Crippen LogP contribution in [0.3, 0.4) is 0 Å². The summed E-state index contributed by atoms with van der Waals surface area (Å²) in [5.41, 5.74) is 6.33. The zero-order chi connectivity index (χ0) is 14.9. The average molecular weight is 333 g/mol. The molecule has 0 amide bonds. The first-order valence-corrected chi connectivity index (χ1v) is 8.41. The second-order valence-corrected chi connectivity index (χ2v) is 7.31. The molecule has 0 bridgehead atoms. The Labute approximate surface area is 126 Å². The van der Waals surface area contributed by atoms with Gasteiger partial charge in [0.1, 0.15) is 10.7 Å². The van der Waals surface area contributed by atoms with Crippen molar-refractivity contribution in [2.45, 2.75) is 25.2 Å². The van der Waals surface area contributed by atoms with E-state index in [1.165, 1.54) is 17.4 Å². The number of anilines is 2. The fourth-order valence-electron chi connectivity index (χ4n) is 1.55. The Morgan fingerprint density at radius 3 is 2.75 bits per heavy atom. The molecule has 0 aromatic carbocycles. The molecule has 0 spiro atoms. The van der Waals surface area contributed by atoms with Gasteiger partial charge >= 0.3 is 0 Å². The lowest BCUT2D eigenvalue weighted by Crippen LogP contribution is -2.13. The fourth-order valence-corrected chi connectivity index (χ4v) is 3.89. The average Bonchev–Trinajstić information content (AvgIpc) is 2.71.